The number of nitrogens with one attached hydrogen (secondary N) is 2. The minimum Gasteiger partial charge on any atom is -0.497 e. The fourth-order valence-electron chi connectivity index (χ4n) is 2.91. The van der Waals surface area contributed by atoms with E-state index in [1.54, 1.807) is 7.11 Å². The number of rotatable bonds is 6. The van der Waals surface area contributed by atoms with Crippen molar-refractivity contribution in [2.24, 2.45) is 0 Å². The third-order valence-corrected chi connectivity index (χ3v) is 4.40. The highest BCUT2D eigenvalue weighted by molar-refractivity contribution is 5.89. The van der Waals surface area contributed by atoms with Gasteiger partial charge in [-0.2, -0.15) is 0 Å². The predicted molar refractivity (Wildman–Crippen MR) is 101 cm³/mol. The molecule has 1 aliphatic heterocycles. The summed E-state index contributed by atoms with van der Waals surface area (Å²) < 4.78 is 10.5. The summed E-state index contributed by atoms with van der Waals surface area (Å²) in [7, 11) is 1.61. The van der Waals surface area contributed by atoms with Gasteiger partial charge in [0.2, 0.25) is 0 Å². The lowest BCUT2D eigenvalue weighted by Crippen LogP contribution is -2.36. The van der Waals surface area contributed by atoms with Crippen LogP contribution in [-0.2, 0) is 17.8 Å². The van der Waals surface area contributed by atoms with E-state index in [-0.39, 0.29) is 6.03 Å². The Labute approximate surface area is 154 Å². The zero-order valence-corrected chi connectivity index (χ0v) is 15.0. The van der Waals surface area contributed by atoms with Crippen molar-refractivity contribution in [3.8, 4) is 5.75 Å². The van der Waals surface area contributed by atoms with Crippen molar-refractivity contribution in [3.63, 3.8) is 0 Å². The highest BCUT2D eigenvalue weighted by Gasteiger charge is 2.13. The lowest BCUT2D eigenvalue weighted by Gasteiger charge is -2.27. The maximum atomic E-state index is 12.2. The topological polar surface area (TPSA) is 62.8 Å². The average Bonchev–Trinajstić information content (AvgIpc) is 2.69. The molecule has 2 N–H and O–H groups in total. The van der Waals surface area contributed by atoms with E-state index in [2.05, 4.69) is 27.7 Å². The Morgan fingerprint density at radius 3 is 2.46 bits per heavy atom. The molecule has 0 spiro atoms. The summed E-state index contributed by atoms with van der Waals surface area (Å²) in [5.41, 5.74) is 3.09. The van der Waals surface area contributed by atoms with Crippen molar-refractivity contribution in [3.05, 3.63) is 59.7 Å². The van der Waals surface area contributed by atoms with Crippen LogP contribution in [0.4, 0.5) is 10.5 Å². The molecule has 1 heterocycles. The zero-order chi connectivity index (χ0) is 18.2. The molecule has 1 fully saturated rings. The SMILES string of the molecule is COc1ccc(NC(=O)NCc2ccccc2CN2CCOCC2)cc1. The molecule has 6 heteroatoms. The van der Waals surface area contributed by atoms with E-state index < -0.39 is 0 Å². The molecule has 2 aromatic rings. The van der Waals surface area contributed by atoms with Crippen LogP contribution in [0, 0.1) is 0 Å². The van der Waals surface area contributed by atoms with Gasteiger partial charge in [0.25, 0.3) is 0 Å². The van der Waals surface area contributed by atoms with E-state index in [1.807, 2.05) is 36.4 Å². The summed E-state index contributed by atoms with van der Waals surface area (Å²) in [6.07, 6.45) is 0. The van der Waals surface area contributed by atoms with Crippen molar-refractivity contribution in [1.82, 2.24) is 10.2 Å². The second kappa shape index (κ2) is 9.22. The van der Waals surface area contributed by atoms with Crippen LogP contribution >= 0.6 is 0 Å². The van der Waals surface area contributed by atoms with E-state index in [1.165, 1.54) is 5.56 Å². The molecular formula is C20H25N3O3. The van der Waals surface area contributed by atoms with Gasteiger partial charge in [-0.3, -0.25) is 4.90 Å². The summed E-state index contributed by atoms with van der Waals surface area (Å²) in [6, 6.07) is 15.2. The first-order valence-corrected chi connectivity index (χ1v) is 8.80. The number of urea groups is 1. The minimum atomic E-state index is -0.226. The van der Waals surface area contributed by atoms with E-state index in [0.29, 0.717) is 6.54 Å². The van der Waals surface area contributed by atoms with Gasteiger partial charge in [-0.25, -0.2) is 4.79 Å². The van der Waals surface area contributed by atoms with Crippen molar-refractivity contribution < 1.29 is 14.3 Å². The lowest BCUT2D eigenvalue weighted by atomic mass is 10.1. The fourth-order valence-corrected chi connectivity index (χ4v) is 2.91. The first-order valence-electron chi connectivity index (χ1n) is 8.80. The molecule has 0 aromatic heterocycles. The van der Waals surface area contributed by atoms with E-state index in [0.717, 1.165) is 49.8 Å². The largest absolute Gasteiger partial charge is 0.497 e. The van der Waals surface area contributed by atoms with Gasteiger partial charge in [0.15, 0.2) is 0 Å². The Bertz CT molecular complexity index is 712. The van der Waals surface area contributed by atoms with Crippen molar-refractivity contribution >= 4 is 11.7 Å². The highest BCUT2D eigenvalue weighted by atomic mass is 16.5. The normalized spacial score (nSPS) is 14.7. The van der Waals surface area contributed by atoms with Gasteiger partial charge >= 0.3 is 6.03 Å². The van der Waals surface area contributed by atoms with Crippen LogP contribution in [-0.4, -0.2) is 44.3 Å². The van der Waals surface area contributed by atoms with Crippen molar-refractivity contribution in [2.45, 2.75) is 13.1 Å². The molecule has 1 saturated heterocycles. The number of ether oxygens (including phenoxy) is 2. The molecular weight excluding hydrogens is 330 g/mol. The molecule has 138 valence electrons. The Morgan fingerprint density at radius 2 is 1.77 bits per heavy atom. The van der Waals surface area contributed by atoms with E-state index in [9.17, 15) is 4.79 Å². The number of amides is 2. The van der Waals surface area contributed by atoms with Crippen LogP contribution in [0.3, 0.4) is 0 Å². The number of carbonyl (C=O) groups excluding carboxylic acids is 1. The Balaban J connectivity index is 1.54. The number of carbonyl (C=O) groups is 1. The number of morpholine rings is 1. The maximum absolute atomic E-state index is 12.2. The van der Waals surface area contributed by atoms with Crippen LogP contribution < -0.4 is 15.4 Å². The zero-order valence-electron chi connectivity index (χ0n) is 15.0. The average molecular weight is 355 g/mol. The molecule has 0 saturated carbocycles. The van der Waals surface area contributed by atoms with Gasteiger partial charge in [0.05, 0.1) is 20.3 Å². The molecule has 0 unspecified atom stereocenters. The van der Waals surface area contributed by atoms with Crippen LogP contribution in [0.5, 0.6) is 5.75 Å². The Kier molecular flexibility index (Phi) is 6.46. The summed E-state index contributed by atoms with van der Waals surface area (Å²) >= 11 is 0. The van der Waals surface area contributed by atoms with Crippen LogP contribution in [0.25, 0.3) is 0 Å². The van der Waals surface area contributed by atoms with Crippen LogP contribution in [0.2, 0.25) is 0 Å². The van der Waals surface area contributed by atoms with Gasteiger partial charge in [-0.05, 0) is 35.4 Å². The summed E-state index contributed by atoms with van der Waals surface area (Å²) in [5.74, 6) is 0.757. The Hall–Kier alpha value is -2.57. The van der Waals surface area contributed by atoms with Crippen molar-refractivity contribution in [1.29, 1.82) is 0 Å². The molecule has 0 aliphatic carbocycles. The van der Waals surface area contributed by atoms with Gasteiger partial charge in [-0.15, -0.1) is 0 Å². The number of nitrogens with zero attached hydrogens (tertiary/aromatic N) is 1. The van der Waals surface area contributed by atoms with Crippen LogP contribution in [0.15, 0.2) is 48.5 Å². The molecule has 1 aliphatic rings. The molecule has 6 nitrogen and oxygen atoms in total. The molecule has 2 amide bonds. The second-order valence-corrected chi connectivity index (χ2v) is 6.19. The van der Waals surface area contributed by atoms with Gasteiger partial charge in [0.1, 0.15) is 5.75 Å². The third-order valence-electron chi connectivity index (χ3n) is 4.40. The number of anilines is 1. The summed E-state index contributed by atoms with van der Waals surface area (Å²) in [5, 5.41) is 5.76. The van der Waals surface area contributed by atoms with Crippen molar-refractivity contribution in [2.75, 3.05) is 38.7 Å². The number of methoxy groups -OCH3 is 1. The van der Waals surface area contributed by atoms with Crippen LogP contribution in [0.1, 0.15) is 11.1 Å². The standard InChI is InChI=1S/C20H25N3O3/c1-25-19-8-6-18(7-9-19)22-20(24)21-14-16-4-2-3-5-17(16)15-23-10-12-26-13-11-23/h2-9H,10-15H2,1H3,(H2,21,22,24). The van der Waals surface area contributed by atoms with E-state index in [4.69, 9.17) is 9.47 Å². The maximum Gasteiger partial charge on any atom is 0.319 e. The molecule has 2 aromatic carbocycles. The Morgan fingerprint density at radius 1 is 1.08 bits per heavy atom. The fraction of sp³-hybridized carbons (Fsp3) is 0.350. The first kappa shape index (κ1) is 18.2. The minimum absolute atomic E-state index is 0.226. The summed E-state index contributed by atoms with van der Waals surface area (Å²) in [6.45, 7) is 4.82. The predicted octanol–water partition coefficient (Wildman–Crippen LogP) is 2.85. The molecule has 0 atom stereocenters. The molecule has 0 bridgehead atoms. The van der Waals surface area contributed by atoms with Gasteiger partial charge in [-0.1, -0.05) is 24.3 Å². The number of benzene rings is 2. The monoisotopic (exact) mass is 355 g/mol. The second-order valence-electron chi connectivity index (χ2n) is 6.19. The van der Waals surface area contributed by atoms with Gasteiger partial charge in [0, 0.05) is 31.9 Å². The third kappa shape index (κ3) is 5.21. The molecule has 3 rings (SSSR count). The smallest absolute Gasteiger partial charge is 0.319 e. The first-order chi connectivity index (χ1) is 12.7. The highest BCUT2D eigenvalue weighted by Crippen LogP contribution is 2.15. The molecule has 0 radical (unpaired) electrons. The quantitative estimate of drug-likeness (QED) is 0.836. The lowest BCUT2D eigenvalue weighted by molar-refractivity contribution is 0.0341. The number of hydrogen-bond donors (Lipinski definition) is 2. The van der Waals surface area contributed by atoms with E-state index >= 15 is 0 Å². The number of hydrogen-bond acceptors (Lipinski definition) is 4. The molecule has 26 heavy (non-hydrogen) atoms. The summed E-state index contributed by atoms with van der Waals surface area (Å²) in [4.78, 5) is 14.5. The van der Waals surface area contributed by atoms with Gasteiger partial charge < -0.3 is 20.1 Å².